The van der Waals surface area contributed by atoms with Crippen molar-refractivity contribution in [2.45, 2.75) is 50.7 Å². The molecule has 4 aliphatic rings. The summed E-state index contributed by atoms with van der Waals surface area (Å²) in [5.74, 6) is 0.714. The van der Waals surface area contributed by atoms with Crippen molar-refractivity contribution < 1.29 is 22.7 Å². The van der Waals surface area contributed by atoms with E-state index in [0.717, 1.165) is 48.0 Å². The second-order valence-corrected chi connectivity index (χ2v) is 9.83. The highest BCUT2D eigenvalue weighted by atomic mass is 35.5. The summed E-state index contributed by atoms with van der Waals surface area (Å²) in [7, 11) is 0. The summed E-state index contributed by atoms with van der Waals surface area (Å²) in [5.41, 5.74) is 7.97. The molecule has 0 saturated heterocycles. The largest absolute Gasteiger partial charge is 0.417 e. The van der Waals surface area contributed by atoms with Crippen LogP contribution in [0.1, 0.15) is 52.0 Å². The number of hydrogen-bond acceptors (Lipinski definition) is 5. The average Bonchev–Trinajstić information content (AvgIpc) is 3.21. The van der Waals surface area contributed by atoms with Crippen molar-refractivity contribution in [3.8, 4) is 0 Å². The summed E-state index contributed by atoms with van der Waals surface area (Å²) in [6.45, 7) is 0.851. The zero-order chi connectivity index (χ0) is 23.8. The molecule has 3 heterocycles. The Kier molecular flexibility index (Phi) is 4.64. The first kappa shape index (κ1) is 21.6. The quantitative estimate of drug-likeness (QED) is 0.552. The van der Waals surface area contributed by atoms with E-state index in [2.05, 4.69) is 9.97 Å². The Balaban J connectivity index is 1.38. The Bertz CT molecular complexity index is 1330. The van der Waals surface area contributed by atoms with E-state index in [0.29, 0.717) is 41.7 Å². The number of carbonyl (C=O) groups excluding carboxylic acids is 1. The number of carbonyl (C=O) groups is 1. The number of aromatic nitrogens is 2. The van der Waals surface area contributed by atoms with Crippen molar-refractivity contribution in [2.75, 3.05) is 5.73 Å². The summed E-state index contributed by atoms with van der Waals surface area (Å²) >= 11 is 6.54. The van der Waals surface area contributed by atoms with E-state index in [1.54, 1.807) is 17.0 Å². The van der Waals surface area contributed by atoms with E-state index in [-0.39, 0.29) is 23.0 Å². The van der Waals surface area contributed by atoms with Gasteiger partial charge in [-0.15, -0.1) is 0 Å². The predicted molar refractivity (Wildman–Crippen MR) is 119 cm³/mol. The Hall–Kier alpha value is -2.91. The van der Waals surface area contributed by atoms with Crippen LogP contribution < -0.4 is 5.73 Å². The molecule has 2 bridgehead atoms. The third kappa shape index (κ3) is 3.25. The SMILES string of the molecule is Nc1nc2cc(Cl)c(C(=O)N(Cc3ccc(C(F)(F)F)cn3)C34CC(C3)C4)cc2c2c1COC2. The lowest BCUT2D eigenvalue weighted by molar-refractivity contribution is -0.138. The number of nitrogen functional groups attached to an aromatic ring is 1. The smallest absolute Gasteiger partial charge is 0.383 e. The lowest BCUT2D eigenvalue weighted by Crippen LogP contribution is -2.69. The molecule has 2 aromatic heterocycles. The molecule has 10 heteroatoms. The van der Waals surface area contributed by atoms with Gasteiger partial charge in [-0.25, -0.2) is 4.98 Å². The van der Waals surface area contributed by atoms with Crippen molar-refractivity contribution in [2.24, 2.45) is 5.92 Å². The third-order valence-electron chi connectivity index (χ3n) is 7.34. The Morgan fingerprint density at radius 1 is 1.21 bits per heavy atom. The highest BCUT2D eigenvalue weighted by Gasteiger charge is 2.61. The predicted octanol–water partition coefficient (Wildman–Crippen LogP) is 5.11. The van der Waals surface area contributed by atoms with Gasteiger partial charge in [0, 0.05) is 22.7 Å². The first-order valence-corrected chi connectivity index (χ1v) is 11.3. The Morgan fingerprint density at radius 2 is 1.94 bits per heavy atom. The topological polar surface area (TPSA) is 81.3 Å². The van der Waals surface area contributed by atoms with Gasteiger partial charge in [-0.3, -0.25) is 9.78 Å². The monoisotopic (exact) mass is 488 g/mol. The van der Waals surface area contributed by atoms with Gasteiger partial charge in [-0.05, 0) is 55.0 Å². The Morgan fingerprint density at radius 3 is 2.56 bits per heavy atom. The number of alkyl halides is 3. The first-order valence-electron chi connectivity index (χ1n) is 11.0. The van der Waals surface area contributed by atoms with Crippen LogP contribution in [0, 0.1) is 5.92 Å². The number of hydrogen-bond donors (Lipinski definition) is 1. The number of nitrogens with two attached hydrogens (primary N) is 1. The van der Waals surface area contributed by atoms with Crippen LogP contribution in [0.25, 0.3) is 10.9 Å². The number of ether oxygens (including phenoxy) is 1. The van der Waals surface area contributed by atoms with Crippen LogP contribution in [0.15, 0.2) is 30.5 Å². The molecule has 0 atom stereocenters. The summed E-state index contributed by atoms with van der Waals surface area (Å²) < 4.78 is 44.4. The highest BCUT2D eigenvalue weighted by Crippen LogP contribution is 2.61. The van der Waals surface area contributed by atoms with Gasteiger partial charge in [0.05, 0.1) is 47.1 Å². The fraction of sp³-hybridized carbons (Fsp3) is 0.375. The molecule has 0 radical (unpaired) electrons. The summed E-state index contributed by atoms with van der Waals surface area (Å²) in [6, 6.07) is 5.69. The number of rotatable bonds is 4. The minimum atomic E-state index is -4.46. The van der Waals surface area contributed by atoms with E-state index >= 15 is 0 Å². The van der Waals surface area contributed by atoms with Crippen LogP contribution in [0.3, 0.4) is 0 Å². The average molecular weight is 489 g/mol. The summed E-state index contributed by atoms with van der Waals surface area (Å²) in [4.78, 5) is 24.0. The molecule has 0 spiro atoms. The molecule has 7 rings (SSSR count). The van der Waals surface area contributed by atoms with Gasteiger partial charge in [0.1, 0.15) is 5.82 Å². The zero-order valence-corrected chi connectivity index (χ0v) is 18.7. The van der Waals surface area contributed by atoms with Gasteiger partial charge < -0.3 is 15.4 Å². The third-order valence-corrected chi connectivity index (χ3v) is 7.66. The van der Waals surface area contributed by atoms with Gasteiger partial charge in [-0.2, -0.15) is 13.2 Å². The van der Waals surface area contributed by atoms with Crippen LogP contribution in [0.5, 0.6) is 0 Å². The first-order chi connectivity index (χ1) is 16.1. The number of halogens is 4. The fourth-order valence-electron chi connectivity index (χ4n) is 5.37. The molecule has 1 aliphatic heterocycles. The van der Waals surface area contributed by atoms with Crippen molar-refractivity contribution >= 4 is 34.2 Å². The second kappa shape index (κ2) is 7.29. The maximum absolute atomic E-state index is 13.8. The van der Waals surface area contributed by atoms with Crippen molar-refractivity contribution in [3.05, 3.63) is 63.4 Å². The highest BCUT2D eigenvalue weighted by molar-refractivity contribution is 6.34. The molecule has 3 saturated carbocycles. The van der Waals surface area contributed by atoms with Crippen molar-refractivity contribution in [3.63, 3.8) is 0 Å². The maximum atomic E-state index is 13.8. The number of amides is 1. The van der Waals surface area contributed by atoms with Crippen molar-refractivity contribution in [1.82, 2.24) is 14.9 Å². The van der Waals surface area contributed by atoms with Gasteiger partial charge in [0.15, 0.2) is 0 Å². The summed E-state index contributed by atoms with van der Waals surface area (Å²) in [5, 5.41) is 1.01. The van der Waals surface area contributed by atoms with Gasteiger partial charge in [0.25, 0.3) is 5.91 Å². The molecular formula is C24H20ClF3N4O2. The van der Waals surface area contributed by atoms with Crippen LogP contribution in [-0.2, 0) is 30.7 Å². The molecule has 6 nitrogen and oxygen atoms in total. The molecule has 1 amide bonds. The standard InChI is InChI=1S/C24H20ClF3N4O2/c25-19-4-20-15(17-10-34-11-18(17)21(29)31-20)3-16(19)22(33)32(23-5-12(6-23)7-23)9-14-2-1-13(8-30-14)24(26,27)28/h1-4,8,12H,5-7,9-11H2,(H2,29,31). The maximum Gasteiger partial charge on any atom is 0.417 e. The van der Waals surface area contributed by atoms with Gasteiger partial charge in [0.2, 0.25) is 0 Å². The zero-order valence-electron chi connectivity index (χ0n) is 18.0. The molecule has 3 aliphatic carbocycles. The fourth-order valence-corrected chi connectivity index (χ4v) is 5.61. The van der Waals surface area contributed by atoms with E-state index < -0.39 is 11.7 Å². The molecule has 3 aromatic rings. The number of benzene rings is 1. The molecule has 34 heavy (non-hydrogen) atoms. The lowest BCUT2D eigenvalue weighted by atomic mass is 9.49. The number of nitrogens with zero attached hydrogens (tertiary/aromatic N) is 3. The van der Waals surface area contributed by atoms with Crippen LogP contribution >= 0.6 is 11.6 Å². The molecule has 2 N–H and O–H groups in total. The molecule has 176 valence electrons. The molecule has 3 fully saturated rings. The normalized spacial score (nSPS) is 22.8. The molecule has 1 aromatic carbocycles. The lowest BCUT2D eigenvalue weighted by Gasteiger charge is -2.66. The van der Waals surface area contributed by atoms with Crippen LogP contribution in [-0.4, -0.2) is 26.3 Å². The summed E-state index contributed by atoms with van der Waals surface area (Å²) in [6.07, 6.45) is -1.01. The van der Waals surface area contributed by atoms with E-state index in [9.17, 15) is 18.0 Å². The number of fused-ring (bicyclic) bond motifs is 3. The van der Waals surface area contributed by atoms with E-state index in [4.69, 9.17) is 22.1 Å². The van der Waals surface area contributed by atoms with Gasteiger partial charge >= 0.3 is 6.18 Å². The number of pyridine rings is 2. The molecular weight excluding hydrogens is 469 g/mol. The van der Waals surface area contributed by atoms with Crippen LogP contribution in [0.4, 0.5) is 19.0 Å². The van der Waals surface area contributed by atoms with Gasteiger partial charge in [-0.1, -0.05) is 11.6 Å². The van der Waals surface area contributed by atoms with Crippen molar-refractivity contribution in [1.29, 1.82) is 0 Å². The second-order valence-electron chi connectivity index (χ2n) is 9.43. The van der Waals surface area contributed by atoms with E-state index in [1.807, 2.05) is 0 Å². The van der Waals surface area contributed by atoms with E-state index in [1.165, 1.54) is 6.07 Å². The Labute approximate surface area is 197 Å². The number of anilines is 1. The molecule has 0 unspecified atom stereocenters. The van der Waals surface area contributed by atoms with Crippen LogP contribution in [0.2, 0.25) is 5.02 Å². The minimum absolute atomic E-state index is 0.110. The minimum Gasteiger partial charge on any atom is -0.383 e.